The summed E-state index contributed by atoms with van der Waals surface area (Å²) in [5, 5.41) is 1.46. The van der Waals surface area contributed by atoms with Crippen molar-refractivity contribution in [3.05, 3.63) is 64.4 Å². The predicted molar refractivity (Wildman–Crippen MR) is 112 cm³/mol. The number of hydrogen-bond donors (Lipinski definition) is 0. The lowest BCUT2D eigenvalue weighted by atomic mass is 10.2. The molecule has 26 heavy (non-hydrogen) atoms. The lowest BCUT2D eigenvalue weighted by Gasteiger charge is -2.15. The minimum Gasteiger partial charge on any atom is -0.268 e. The van der Waals surface area contributed by atoms with Crippen LogP contribution in [0.4, 0.5) is 0 Å². The van der Waals surface area contributed by atoms with E-state index < -0.39 is 0 Å². The monoisotopic (exact) mass is 366 g/mol. The molecule has 3 aromatic rings. The lowest BCUT2D eigenvalue weighted by Crippen LogP contribution is -2.22. The first-order chi connectivity index (χ1) is 12.7. The first-order valence-corrected chi connectivity index (χ1v) is 10.4. The number of para-hydroxylation sites is 2. The van der Waals surface area contributed by atoms with E-state index in [-0.39, 0.29) is 5.56 Å². The molecule has 0 saturated carbocycles. The van der Waals surface area contributed by atoms with Crippen molar-refractivity contribution in [2.75, 3.05) is 5.75 Å². The van der Waals surface area contributed by atoms with Gasteiger partial charge in [0.2, 0.25) is 0 Å². The van der Waals surface area contributed by atoms with Gasteiger partial charge in [-0.3, -0.25) is 9.36 Å². The van der Waals surface area contributed by atoms with Gasteiger partial charge < -0.3 is 0 Å². The van der Waals surface area contributed by atoms with E-state index in [4.69, 9.17) is 4.98 Å². The minimum absolute atomic E-state index is 0.0124. The maximum Gasteiger partial charge on any atom is 0.266 e. The molecule has 0 amide bonds. The van der Waals surface area contributed by atoms with Gasteiger partial charge in [-0.25, -0.2) is 4.98 Å². The summed E-state index contributed by atoms with van der Waals surface area (Å²) in [5.41, 5.74) is 2.79. The molecule has 0 aliphatic rings. The number of aromatic nitrogens is 2. The van der Waals surface area contributed by atoms with Crippen molar-refractivity contribution in [3.8, 4) is 5.69 Å². The highest BCUT2D eigenvalue weighted by Crippen LogP contribution is 2.24. The minimum atomic E-state index is 0.0124. The Bertz CT molecular complexity index is 933. The number of fused-ring (bicyclic) bond motifs is 1. The van der Waals surface area contributed by atoms with Crippen molar-refractivity contribution in [1.82, 2.24) is 9.55 Å². The summed E-state index contributed by atoms with van der Waals surface area (Å²) in [6, 6.07) is 15.6. The number of hydrogen-bond acceptors (Lipinski definition) is 3. The van der Waals surface area contributed by atoms with E-state index in [9.17, 15) is 4.79 Å². The van der Waals surface area contributed by atoms with E-state index in [0.29, 0.717) is 5.39 Å². The number of unbranched alkanes of at least 4 members (excludes halogenated alkanes) is 4. The molecule has 0 aliphatic carbocycles. The Morgan fingerprint density at radius 1 is 0.962 bits per heavy atom. The summed E-state index contributed by atoms with van der Waals surface area (Å²) in [5.74, 6) is 0.986. The van der Waals surface area contributed by atoms with Crippen molar-refractivity contribution in [1.29, 1.82) is 0 Å². The van der Waals surface area contributed by atoms with Crippen LogP contribution in [0.15, 0.2) is 58.5 Å². The van der Waals surface area contributed by atoms with E-state index in [1.165, 1.54) is 25.7 Å². The first kappa shape index (κ1) is 18.7. The number of thioether (sulfide) groups is 1. The number of benzene rings is 2. The van der Waals surface area contributed by atoms with Crippen LogP contribution in [-0.2, 0) is 0 Å². The number of rotatable bonds is 8. The maximum absolute atomic E-state index is 13.2. The van der Waals surface area contributed by atoms with Crippen LogP contribution in [0.1, 0.15) is 44.6 Å². The molecule has 0 bridgehead atoms. The maximum atomic E-state index is 13.2. The summed E-state index contributed by atoms with van der Waals surface area (Å²) >= 11 is 1.69. The predicted octanol–water partition coefficient (Wildman–Crippen LogP) is 5.76. The van der Waals surface area contributed by atoms with Crippen molar-refractivity contribution in [2.45, 2.75) is 51.1 Å². The zero-order valence-electron chi connectivity index (χ0n) is 15.6. The van der Waals surface area contributed by atoms with E-state index in [2.05, 4.69) is 6.92 Å². The van der Waals surface area contributed by atoms with Gasteiger partial charge >= 0.3 is 0 Å². The SMILES string of the molecule is CCCCCCCSc1nc2ccccc2c(=O)n1-c1ccccc1C. The van der Waals surface area contributed by atoms with Crippen molar-refractivity contribution >= 4 is 22.7 Å². The highest BCUT2D eigenvalue weighted by atomic mass is 32.2. The van der Waals surface area contributed by atoms with Gasteiger partial charge in [0.15, 0.2) is 5.16 Å². The summed E-state index contributed by atoms with van der Waals surface area (Å²) in [6.45, 7) is 4.27. The molecule has 1 heterocycles. The average Bonchev–Trinajstić information content (AvgIpc) is 2.66. The van der Waals surface area contributed by atoms with Gasteiger partial charge in [-0.2, -0.15) is 0 Å². The van der Waals surface area contributed by atoms with Crippen molar-refractivity contribution < 1.29 is 0 Å². The molecule has 2 aromatic carbocycles. The average molecular weight is 367 g/mol. The topological polar surface area (TPSA) is 34.9 Å². The van der Waals surface area contributed by atoms with E-state index in [1.54, 1.807) is 16.3 Å². The third-order valence-corrected chi connectivity index (χ3v) is 5.61. The van der Waals surface area contributed by atoms with Crippen LogP contribution >= 0.6 is 11.8 Å². The van der Waals surface area contributed by atoms with Gasteiger partial charge in [0.25, 0.3) is 5.56 Å². The Hall–Kier alpha value is -2.07. The molecular weight excluding hydrogens is 340 g/mol. The molecule has 0 unspecified atom stereocenters. The molecular formula is C22H26N2OS. The smallest absolute Gasteiger partial charge is 0.266 e. The molecule has 0 spiro atoms. The summed E-state index contributed by atoms with van der Waals surface area (Å²) in [6.07, 6.45) is 6.23. The van der Waals surface area contributed by atoms with Gasteiger partial charge in [0.05, 0.1) is 16.6 Å². The Labute approximate surface area is 159 Å². The molecule has 1 aromatic heterocycles. The molecule has 4 heteroatoms. The van der Waals surface area contributed by atoms with Gasteiger partial charge in [0.1, 0.15) is 0 Å². The summed E-state index contributed by atoms with van der Waals surface area (Å²) in [4.78, 5) is 18.0. The molecule has 0 saturated heterocycles. The van der Waals surface area contributed by atoms with Crippen LogP contribution in [0.25, 0.3) is 16.6 Å². The molecule has 0 N–H and O–H groups in total. The van der Waals surface area contributed by atoms with Crippen molar-refractivity contribution in [3.63, 3.8) is 0 Å². The summed E-state index contributed by atoms with van der Waals surface area (Å²) < 4.78 is 1.79. The highest BCUT2D eigenvalue weighted by Gasteiger charge is 2.14. The van der Waals surface area contributed by atoms with Crippen molar-refractivity contribution in [2.24, 2.45) is 0 Å². The fourth-order valence-electron chi connectivity index (χ4n) is 3.10. The van der Waals surface area contributed by atoms with E-state index in [0.717, 1.165) is 34.1 Å². The molecule has 0 atom stereocenters. The normalized spacial score (nSPS) is 11.2. The number of aryl methyl sites for hydroxylation is 1. The second kappa shape index (κ2) is 9.04. The molecule has 3 nitrogen and oxygen atoms in total. The molecule has 0 radical (unpaired) electrons. The second-order valence-corrected chi connectivity index (χ2v) is 7.66. The Morgan fingerprint density at radius 3 is 2.50 bits per heavy atom. The fourth-order valence-corrected chi connectivity index (χ4v) is 4.11. The van der Waals surface area contributed by atoms with Gasteiger partial charge in [-0.1, -0.05) is 74.7 Å². The van der Waals surface area contributed by atoms with Crippen LogP contribution in [0.5, 0.6) is 0 Å². The molecule has 0 fully saturated rings. The third-order valence-electron chi connectivity index (χ3n) is 4.58. The van der Waals surface area contributed by atoms with Gasteiger partial charge in [0, 0.05) is 5.75 Å². The van der Waals surface area contributed by atoms with Crippen LogP contribution < -0.4 is 5.56 Å². The fraction of sp³-hybridized carbons (Fsp3) is 0.364. The quantitative estimate of drug-likeness (QED) is 0.289. The highest BCUT2D eigenvalue weighted by molar-refractivity contribution is 7.99. The van der Waals surface area contributed by atoms with E-state index >= 15 is 0 Å². The second-order valence-electron chi connectivity index (χ2n) is 6.60. The standard InChI is InChI=1S/C22H26N2OS/c1-3-4-5-6-11-16-26-22-23-19-14-9-8-13-18(19)21(25)24(22)20-15-10-7-12-17(20)2/h7-10,12-15H,3-6,11,16H2,1-2H3. The Kier molecular flexibility index (Phi) is 6.51. The molecule has 3 rings (SSSR count). The Morgan fingerprint density at radius 2 is 1.69 bits per heavy atom. The molecule has 136 valence electrons. The molecule has 0 aliphatic heterocycles. The number of nitrogens with zero attached hydrogens (tertiary/aromatic N) is 2. The van der Waals surface area contributed by atoms with Crippen LogP contribution in [0, 0.1) is 6.92 Å². The third kappa shape index (κ3) is 4.18. The lowest BCUT2D eigenvalue weighted by molar-refractivity contribution is 0.658. The largest absolute Gasteiger partial charge is 0.268 e. The van der Waals surface area contributed by atoms with Crippen LogP contribution in [0.3, 0.4) is 0 Å². The van der Waals surface area contributed by atoms with E-state index in [1.807, 2.05) is 55.5 Å². The summed E-state index contributed by atoms with van der Waals surface area (Å²) in [7, 11) is 0. The zero-order chi connectivity index (χ0) is 18.4. The van der Waals surface area contributed by atoms with Gasteiger partial charge in [-0.05, 0) is 37.1 Å². The first-order valence-electron chi connectivity index (χ1n) is 9.43. The van der Waals surface area contributed by atoms with Crippen LogP contribution in [0.2, 0.25) is 0 Å². The van der Waals surface area contributed by atoms with Gasteiger partial charge in [-0.15, -0.1) is 0 Å². The zero-order valence-corrected chi connectivity index (χ0v) is 16.4. The Balaban J connectivity index is 1.96. The van der Waals surface area contributed by atoms with Crippen LogP contribution in [-0.4, -0.2) is 15.3 Å².